The van der Waals surface area contributed by atoms with Gasteiger partial charge in [-0.15, -0.1) is 0 Å². The average molecular weight is 803 g/mol. The van der Waals surface area contributed by atoms with Crippen LogP contribution in [0.25, 0.3) is 0 Å². The first kappa shape index (κ1) is 46.6. The van der Waals surface area contributed by atoms with Gasteiger partial charge in [-0.2, -0.15) is 0 Å². The molecular weight excluding hydrogens is 733 g/mol. The largest absolute Gasteiger partial charge is 0.361 e. The highest BCUT2D eigenvalue weighted by atomic mass is 16.6. The summed E-state index contributed by atoms with van der Waals surface area (Å²) in [4.78, 5) is 73.8. The fourth-order valence-corrected chi connectivity index (χ4v) is 7.44. The minimum absolute atomic E-state index is 0.0263. The number of Topliss-reactive ketones (excluding diaryl/α,β-unsaturated/α-hetero) is 1. The van der Waals surface area contributed by atoms with Crippen LogP contribution in [0.3, 0.4) is 0 Å². The maximum atomic E-state index is 14.2. The third-order valence-corrected chi connectivity index (χ3v) is 11.1. The number of ether oxygens (including phenoxy) is 1. The van der Waals surface area contributed by atoms with Gasteiger partial charge >= 0.3 is 0 Å². The lowest BCUT2D eigenvalue weighted by atomic mass is 9.93. The van der Waals surface area contributed by atoms with Crippen LogP contribution in [0, 0.1) is 11.8 Å². The van der Waals surface area contributed by atoms with E-state index in [1.54, 1.807) is 6.92 Å². The molecule has 2 aromatic rings. The van der Waals surface area contributed by atoms with E-state index in [2.05, 4.69) is 38.1 Å². The van der Waals surface area contributed by atoms with Crippen molar-refractivity contribution in [3.8, 4) is 0 Å². The Kier molecular flexibility index (Phi) is 18.8. The van der Waals surface area contributed by atoms with E-state index in [9.17, 15) is 24.0 Å². The first-order chi connectivity index (χ1) is 27.7. The number of carbonyl (C=O) groups is 5. The first-order valence-corrected chi connectivity index (χ1v) is 21.6. The van der Waals surface area contributed by atoms with E-state index in [-0.39, 0.29) is 29.9 Å². The normalized spacial score (nSPS) is 19.2. The van der Waals surface area contributed by atoms with E-state index in [0.717, 1.165) is 69.5 Å². The molecule has 4 amide bonds. The summed E-state index contributed by atoms with van der Waals surface area (Å²) in [6.45, 7) is 15.4. The third kappa shape index (κ3) is 16.3. The van der Waals surface area contributed by atoms with Crippen molar-refractivity contribution in [3.63, 3.8) is 0 Å². The Morgan fingerprint density at radius 1 is 0.655 bits per heavy atom. The van der Waals surface area contributed by atoms with Crippen molar-refractivity contribution in [2.24, 2.45) is 11.8 Å². The number of nitrogens with zero attached hydrogens (tertiary/aromatic N) is 2. The van der Waals surface area contributed by atoms with Crippen LogP contribution in [0.1, 0.15) is 97.1 Å². The van der Waals surface area contributed by atoms with Gasteiger partial charge in [-0.3, -0.25) is 24.0 Å². The number of rotatable bonds is 25. The van der Waals surface area contributed by atoms with Crippen LogP contribution >= 0.6 is 0 Å². The minimum Gasteiger partial charge on any atom is -0.361 e. The SMILES string of the molecule is CC(C)C[C@H](NC(=O)[C@H](CCc1ccccc1)NC(=O)CCCCCCN1CCN(C)CC1)C(=O)N[C@@H](Cc1ccccc1)C(=O)N[C@@H](CC(C)C)C(=O)[C@@]1(C)CO1. The third-order valence-electron chi connectivity index (χ3n) is 11.1. The lowest BCUT2D eigenvalue weighted by Gasteiger charge is -2.32. The van der Waals surface area contributed by atoms with Gasteiger partial charge in [0.1, 0.15) is 23.7 Å². The molecule has 0 radical (unpaired) electrons. The Morgan fingerprint density at radius 2 is 1.17 bits per heavy atom. The van der Waals surface area contributed by atoms with Crippen LogP contribution < -0.4 is 21.3 Å². The zero-order chi connectivity index (χ0) is 42.1. The maximum absolute atomic E-state index is 14.2. The molecule has 0 spiro atoms. The van der Waals surface area contributed by atoms with Crippen molar-refractivity contribution in [3.05, 3.63) is 71.8 Å². The number of carbonyl (C=O) groups excluding carboxylic acids is 5. The molecule has 2 heterocycles. The smallest absolute Gasteiger partial charge is 0.243 e. The molecule has 0 bridgehead atoms. The van der Waals surface area contributed by atoms with Crippen molar-refractivity contribution < 1.29 is 28.7 Å². The molecule has 0 saturated carbocycles. The van der Waals surface area contributed by atoms with Gasteiger partial charge < -0.3 is 35.8 Å². The summed E-state index contributed by atoms with van der Waals surface area (Å²) in [6.07, 6.45) is 5.99. The summed E-state index contributed by atoms with van der Waals surface area (Å²) >= 11 is 0. The van der Waals surface area contributed by atoms with E-state index >= 15 is 0 Å². The maximum Gasteiger partial charge on any atom is 0.243 e. The van der Waals surface area contributed by atoms with Crippen molar-refractivity contribution in [2.75, 3.05) is 46.4 Å². The van der Waals surface area contributed by atoms with Crippen LogP contribution in [0.2, 0.25) is 0 Å². The van der Waals surface area contributed by atoms with Crippen molar-refractivity contribution in [1.29, 1.82) is 0 Å². The fourth-order valence-electron chi connectivity index (χ4n) is 7.44. The molecule has 2 aliphatic rings. The summed E-state index contributed by atoms with van der Waals surface area (Å²) < 4.78 is 5.43. The van der Waals surface area contributed by atoms with Crippen LogP contribution in [0.15, 0.2) is 60.7 Å². The second-order valence-corrected chi connectivity index (χ2v) is 17.5. The number of piperazine rings is 1. The molecule has 2 fully saturated rings. The van der Waals surface area contributed by atoms with Gasteiger partial charge in [-0.1, -0.05) is 101 Å². The lowest BCUT2D eigenvalue weighted by Crippen LogP contribution is -2.59. The van der Waals surface area contributed by atoms with Gasteiger partial charge in [0.25, 0.3) is 0 Å². The van der Waals surface area contributed by atoms with Crippen LogP contribution in [-0.4, -0.2) is 115 Å². The second-order valence-electron chi connectivity index (χ2n) is 17.5. The van der Waals surface area contributed by atoms with Gasteiger partial charge in [0.2, 0.25) is 23.6 Å². The molecule has 2 aromatic carbocycles. The molecular formula is C46H70N6O6. The minimum atomic E-state index is -1.02. The van der Waals surface area contributed by atoms with Gasteiger partial charge in [0.15, 0.2) is 5.78 Å². The van der Waals surface area contributed by atoms with Gasteiger partial charge in [-0.25, -0.2) is 0 Å². The molecule has 5 atom stereocenters. The number of hydrogen-bond donors (Lipinski definition) is 4. The Labute approximate surface area is 347 Å². The van der Waals surface area contributed by atoms with E-state index in [1.807, 2.05) is 88.4 Å². The van der Waals surface area contributed by atoms with Crippen molar-refractivity contribution in [1.82, 2.24) is 31.1 Å². The number of aryl methyl sites for hydroxylation is 1. The molecule has 2 saturated heterocycles. The van der Waals surface area contributed by atoms with Crippen molar-refractivity contribution >= 4 is 29.4 Å². The molecule has 4 N–H and O–H groups in total. The zero-order valence-corrected chi connectivity index (χ0v) is 35.9. The number of hydrogen-bond acceptors (Lipinski definition) is 8. The lowest BCUT2D eigenvalue weighted by molar-refractivity contribution is -0.135. The number of epoxide rings is 1. The van der Waals surface area contributed by atoms with Crippen LogP contribution in [0.5, 0.6) is 0 Å². The topological polar surface area (TPSA) is 152 Å². The molecule has 320 valence electrons. The van der Waals surface area contributed by atoms with Gasteiger partial charge in [0.05, 0.1) is 12.6 Å². The quantitative estimate of drug-likeness (QED) is 0.0850. The first-order valence-electron chi connectivity index (χ1n) is 21.6. The van der Waals surface area contributed by atoms with E-state index in [4.69, 9.17) is 4.74 Å². The number of ketones is 1. The Bertz CT molecular complexity index is 1590. The summed E-state index contributed by atoms with van der Waals surface area (Å²) in [5.74, 6) is -1.66. The number of amides is 4. The zero-order valence-electron chi connectivity index (χ0n) is 35.9. The van der Waals surface area contributed by atoms with Crippen LogP contribution in [-0.2, 0) is 41.6 Å². The molecule has 0 unspecified atom stereocenters. The molecule has 58 heavy (non-hydrogen) atoms. The van der Waals surface area contributed by atoms with E-state index < -0.39 is 47.5 Å². The highest BCUT2D eigenvalue weighted by Gasteiger charge is 2.50. The molecule has 0 aromatic heterocycles. The average Bonchev–Trinajstić information content (AvgIpc) is 3.95. The number of benzene rings is 2. The van der Waals surface area contributed by atoms with Gasteiger partial charge in [0, 0.05) is 39.0 Å². The molecule has 2 aliphatic heterocycles. The summed E-state index contributed by atoms with van der Waals surface area (Å²) in [5.41, 5.74) is 0.947. The van der Waals surface area contributed by atoms with E-state index in [1.165, 1.54) is 0 Å². The number of likely N-dealkylation sites (N-methyl/N-ethyl adjacent to an activating group) is 1. The summed E-state index contributed by atoms with van der Waals surface area (Å²) in [7, 11) is 2.16. The monoisotopic (exact) mass is 803 g/mol. The second kappa shape index (κ2) is 23.5. The van der Waals surface area contributed by atoms with Gasteiger partial charge in [-0.05, 0) is 82.0 Å². The molecule has 4 rings (SSSR count). The van der Waals surface area contributed by atoms with Crippen LogP contribution in [0.4, 0.5) is 0 Å². The molecule has 0 aliphatic carbocycles. The standard InChI is InChI=1S/C46H70N6O6/c1-33(2)29-38(42(54)46(5)32-58-46)48-45(57)40(31-36-19-13-10-14-20-36)50-44(56)39(30-34(3)4)49-43(55)37(23-22-35-17-11-9-12-18-35)47-41(53)21-15-7-8-16-24-52-27-25-51(6)26-28-52/h9-14,17-20,33-34,37-40H,7-8,15-16,21-32H2,1-6H3,(H,47,53)(H,48,57)(H,49,55)(H,50,56)/t37-,38-,39-,40-,46+/m0/s1. The Hall–Kier alpha value is -4.13. The Morgan fingerprint density at radius 3 is 1.78 bits per heavy atom. The van der Waals surface area contributed by atoms with Crippen molar-refractivity contribution in [2.45, 2.75) is 129 Å². The molecule has 12 nitrogen and oxygen atoms in total. The fraction of sp³-hybridized carbons (Fsp3) is 0.630. The molecule has 12 heteroatoms. The Balaban J connectivity index is 1.42. The predicted molar refractivity (Wildman–Crippen MR) is 228 cm³/mol. The highest BCUT2D eigenvalue weighted by molar-refractivity contribution is 5.98. The predicted octanol–water partition coefficient (Wildman–Crippen LogP) is 4.45. The summed E-state index contributed by atoms with van der Waals surface area (Å²) in [6, 6.07) is 15.5. The number of unbranched alkanes of at least 4 members (excludes halogenated alkanes) is 3. The number of nitrogens with one attached hydrogen (secondary N) is 4. The summed E-state index contributed by atoms with van der Waals surface area (Å²) in [5, 5.41) is 11.8. The van der Waals surface area contributed by atoms with E-state index in [0.29, 0.717) is 38.7 Å². The highest BCUT2D eigenvalue weighted by Crippen LogP contribution is 2.29.